The normalized spacial score (nSPS) is 12.1. The fraction of sp³-hybridized carbons (Fsp3) is 0.231. The molecule has 5 rings (SSSR count). The molecule has 4 N–H and O–H groups in total. The van der Waals surface area contributed by atoms with E-state index in [0.29, 0.717) is 52.5 Å². The molecule has 0 amide bonds. The van der Waals surface area contributed by atoms with Gasteiger partial charge in [-0.2, -0.15) is 4.98 Å². The summed E-state index contributed by atoms with van der Waals surface area (Å²) in [6.45, 7) is 2.43. The van der Waals surface area contributed by atoms with Gasteiger partial charge in [-0.25, -0.2) is 15.0 Å². The Labute approximate surface area is 212 Å². The van der Waals surface area contributed by atoms with Gasteiger partial charge in [-0.05, 0) is 31.2 Å². The monoisotopic (exact) mass is 502 g/mol. The van der Waals surface area contributed by atoms with Crippen molar-refractivity contribution in [1.29, 1.82) is 0 Å². The number of phenols is 1. The number of benzene rings is 1. The van der Waals surface area contributed by atoms with E-state index in [-0.39, 0.29) is 25.1 Å². The van der Waals surface area contributed by atoms with Gasteiger partial charge in [-0.15, -0.1) is 0 Å². The number of phenolic OH excluding ortho intramolecular Hbond substituents is 1. The molecule has 37 heavy (non-hydrogen) atoms. The Morgan fingerprint density at radius 2 is 1.92 bits per heavy atom. The molecule has 1 atom stereocenters. The van der Waals surface area contributed by atoms with Gasteiger partial charge in [-0.3, -0.25) is 0 Å². The van der Waals surface area contributed by atoms with Gasteiger partial charge in [-0.1, -0.05) is 6.07 Å². The molecule has 0 saturated heterocycles. The minimum absolute atomic E-state index is 0.0350. The number of nitrogens with one attached hydrogen (secondary N) is 2. The molecule has 11 heteroatoms. The van der Waals surface area contributed by atoms with E-state index in [2.05, 4.69) is 30.6 Å². The van der Waals surface area contributed by atoms with Crippen LogP contribution in [0, 0.1) is 0 Å². The molecule has 11 nitrogen and oxygen atoms in total. The van der Waals surface area contributed by atoms with Crippen molar-refractivity contribution in [2.24, 2.45) is 0 Å². The summed E-state index contributed by atoms with van der Waals surface area (Å²) in [5.41, 5.74) is 1.78. The fourth-order valence-electron chi connectivity index (χ4n) is 3.84. The maximum atomic E-state index is 9.79. The Morgan fingerprint density at radius 3 is 2.76 bits per heavy atom. The van der Waals surface area contributed by atoms with Gasteiger partial charge in [0.2, 0.25) is 11.8 Å². The number of pyridine rings is 3. The minimum atomic E-state index is -0.235. The first-order valence-electron chi connectivity index (χ1n) is 11.7. The predicted molar refractivity (Wildman–Crippen MR) is 139 cm³/mol. The van der Waals surface area contributed by atoms with Gasteiger partial charge in [0.15, 0.2) is 5.58 Å². The molecule has 190 valence electrons. The van der Waals surface area contributed by atoms with Crippen LogP contribution >= 0.6 is 0 Å². The summed E-state index contributed by atoms with van der Waals surface area (Å²) in [6, 6.07) is 12.1. The largest absolute Gasteiger partial charge is 0.508 e. The van der Waals surface area contributed by atoms with Crippen LogP contribution in [0.25, 0.3) is 33.3 Å². The van der Waals surface area contributed by atoms with Gasteiger partial charge < -0.3 is 34.7 Å². The van der Waals surface area contributed by atoms with Crippen LogP contribution in [0.5, 0.6) is 11.6 Å². The number of hydrogen-bond acceptors (Lipinski definition) is 11. The quantitative estimate of drug-likeness (QED) is 0.205. The Morgan fingerprint density at radius 1 is 1.03 bits per heavy atom. The van der Waals surface area contributed by atoms with Crippen molar-refractivity contribution in [1.82, 2.24) is 19.9 Å². The summed E-state index contributed by atoms with van der Waals surface area (Å²) in [4.78, 5) is 18.1. The van der Waals surface area contributed by atoms with E-state index in [0.717, 1.165) is 10.8 Å². The molecule has 5 aromatic rings. The van der Waals surface area contributed by atoms with Crippen molar-refractivity contribution in [3.05, 3.63) is 54.9 Å². The molecule has 0 aliphatic carbocycles. The highest BCUT2D eigenvalue weighted by atomic mass is 16.5. The third kappa shape index (κ3) is 5.37. The second kappa shape index (κ2) is 10.6. The zero-order valence-electron chi connectivity index (χ0n) is 20.3. The number of aliphatic hydroxyl groups is 1. The number of fused-ring (bicyclic) bond motifs is 2. The summed E-state index contributed by atoms with van der Waals surface area (Å²) >= 11 is 0. The maximum absolute atomic E-state index is 9.79. The fourth-order valence-corrected chi connectivity index (χ4v) is 3.84. The average Bonchev–Trinajstić information content (AvgIpc) is 3.31. The van der Waals surface area contributed by atoms with Crippen molar-refractivity contribution in [3.63, 3.8) is 0 Å². The van der Waals surface area contributed by atoms with Crippen LogP contribution in [-0.2, 0) is 4.74 Å². The van der Waals surface area contributed by atoms with Crippen LogP contribution in [0.3, 0.4) is 0 Å². The lowest BCUT2D eigenvalue weighted by atomic mass is 10.1. The van der Waals surface area contributed by atoms with E-state index < -0.39 is 0 Å². The standard InChI is InChI=1S/C26H26N6O5/c1-15(14-35-9-8-33)36-24-5-3-4-22(32-24)31-23-11-17-18(12-28-23)25(27-2)29-13-19(17)26-30-20-10-16(34)6-7-21(20)37-26/h3-7,10-13,15,33-34H,8-9,14H2,1-2H3,(H,27,29)(H,28,31,32). The SMILES string of the molecule is CNc1ncc(-c2nc3cc(O)ccc3o2)c2cc(Nc3cccc(OC(C)COCCO)n3)ncc12. The van der Waals surface area contributed by atoms with Crippen LogP contribution < -0.4 is 15.4 Å². The molecule has 1 unspecified atom stereocenters. The average molecular weight is 503 g/mol. The van der Waals surface area contributed by atoms with Gasteiger partial charge in [0.1, 0.15) is 34.8 Å². The van der Waals surface area contributed by atoms with E-state index in [1.54, 1.807) is 43.7 Å². The van der Waals surface area contributed by atoms with Crippen molar-refractivity contribution >= 4 is 39.3 Å². The molecule has 0 bridgehead atoms. The van der Waals surface area contributed by atoms with E-state index in [4.69, 9.17) is 19.0 Å². The van der Waals surface area contributed by atoms with Crippen LogP contribution in [-0.4, -0.2) is 63.1 Å². The number of oxazole rings is 1. The van der Waals surface area contributed by atoms with Crippen LogP contribution in [0.4, 0.5) is 17.5 Å². The molecular formula is C26H26N6O5. The molecule has 0 fully saturated rings. The van der Waals surface area contributed by atoms with Gasteiger partial charge in [0, 0.05) is 42.3 Å². The highest BCUT2D eigenvalue weighted by Gasteiger charge is 2.16. The Hall–Kier alpha value is -4.48. The number of aromatic hydroxyl groups is 1. The van der Waals surface area contributed by atoms with Gasteiger partial charge in [0.05, 0.1) is 25.4 Å². The van der Waals surface area contributed by atoms with E-state index in [9.17, 15) is 5.11 Å². The Bertz CT molecular complexity index is 1540. The number of rotatable bonds is 10. The molecule has 0 radical (unpaired) electrons. The molecule has 0 saturated carbocycles. The number of hydrogen-bond donors (Lipinski definition) is 4. The van der Waals surface area contributed by atoms with E-state index >= 15 is 0 Å². The molecule has 4 heterocycles. The van der Waals surface area contributed by atoms with Crippen molar-refractivity contribution < 1.29 is 24.1 Å². The molecular weight excluding hydrogens is 476 g/mol. The van der Waals surface area contributed by atoms with Crippen molar-refractivity contribution in [2.75, 3.05) is 37.5 Å². The first kappa shape index (κ1) is 24.2. The first-order valence-corrected chi connectivity index (χ1v) is 11.7. The summed E-state index contributed by atoms with van der Waals surface area (Å²) in [5.74, 6) is 2.70. The van der Waals surface area contributed by atoms with Crippen LogP contribution in [0.2, 0.25) is 0 Å². The second-order valence-corrected chi connectivity index (χ2v) is 8.27. The zero-order valence-corrected chi connectivity index (χ0v) is 20.3. The topological polar surface area (TPSA) is 148 Å². The maximum Gasteiger partial charge on any atom is 0.229 e. The lowest BCUT2D eigenvalue weighted by Gasteiger charge is -2.15. The number of aromatic nitrogens is 4. The first-order chi connectivity index (χ1) is 18.0. The molecule has 4 aromatic heterocycles. The molecule has 1 aromatic carbocycles. The third-order valence-corrected chi connectivity index (χ3v) is 5.50. The zero-order chi connectivity index (χ0) is 25.8. The van der Waals surface area contributed by atoms with Crippen LogP contribution in [0.1, 0.15) is 6.92 Å². The van der Waals surface area contributed by atoms with E-state index in [1.807, 2.05) is 25.1 Å². The highest BCUT2D eigenvalue weighted by Crippen LogP contribution is 2.34. The predicted octanol–water partition coefficient (Wildman–Crippen LogP) is 4.10. The Kier molecular flexibility index (Phi) is 6.97. The van der Waals surface area contributed by atoms with E-state index in [1.165, 1.54) is 0 Å². The highest BCUT2D eigenvalue weighted by molar-refractivity contribution is 6.01. The second-order valence-electron chi connectivity index (χ2n) is 8.27. The molecule has 0 aliphatic heterocycles. The third-order valence-electron chi connectivity index (χ3n) is 5.50. The summed E-state index contributed by atoms with van der Waals surface area (Å²) in [6.07, 6.45) is 3.17. The number of nitrogens with zero attached hydrogens (tertiary/aromatic N) is 4. The van der Waals surface area contributed by atoms with Gasteiger partial charge in [0.25, 0.3) is 0 Å². The molecule has 0 aliphatic rings. The minimum Gasteiger partial charge on any atom is -0.508 e. The van der Waals surface area contributed by atoms with Crippen molar-refractivity contribution in [2.45, 2.75) is 13.0 Å². The number of ether oxygens (including phenoxy) is 2. The Balaban J connectivity index is 1.45. The van der Waals surface area contributed by atoms with Gasteiger partial charge >= 0.3 is 0 Å². The smallest absolute Gasteiger partial charge is 0.229 e. The lowest BCUT2D eigenvalue weighted by Crippen LogP contribution is -2.20. The van der Waals surface area contributed by atoms with Crippen LogP contribution in [0.15, 0.2) is 59.3 Å². The summed E-state index contributed by atoms with van der Waals surface area (Å²) in [7, 11) is 1.79. The number of anilines is 3. The van der Waals surface area contributed by atoms with Crippen molar-refractivity contribution in [3.8, 4) is 23.1 Å². The molecule has 0 spiro atoms. The summed E-state index contributed by atoms with van der Waals surface area (Å²) in [5, 5.41) is 26.6. The number of aliphatic hydroxyl groups excluding tert-OH is 1. The summed E-state index contributed by atoms with van der Waals surface area (Å²) < 4.78 is 17.1. The lowest BCUT2D eigenvalue weighted by molar-refractivity contribution is 0.0375.